The Balaban J connectivity index is 2.68. The maximum Gasteiger partial charge on any atom is -0.00888 e. The Morgan fingerprint density at radius 1 is 1.83 bits per heavy atom. The van der Waals surface area contributed by atoms with Crippen LogP contribution in [0.2, 0.25) is 0 Å². The zero-order chi connectivity index (χ0) is 4.41. The van der Waals surface area contributed by atoms with Gasteiger partial charge in [-0.3, -0.25) is 0 Å². The molecule has 1 rings (SSSR count). The fraction of sp³-hybridized carbons (Fsp3) is 0.333. The van der Waals surface area contributed by atoms with E-state index in [1.54, 1.807) is 0 Å². The van der Waals surface area contributed by atoms with E-state index in [-0.39, 0.29) is 0 Å². The third kappa shape index (κ3) is 0.510. The molecule has 0 amide bonds. The van der Waals surface area contributed by atoms with Crippen molar-refractivity contribution in [2.24, 2.45) is 0 Å². The molecule has 0 aliphatic heterocycles. The fourth-order valence-electron chi connectivity index (χ4n) is 0.499. The van der Waals surface area contributed by atoms with E-state index in [2.05, 4.69) is 19.1 Å². The zero-order valence-corrected chi connectivity index (χ0v) is 3.86. The van der Waals surface area contributed by atoms with Gasteiger partial charge in [0.2, 0.25) is 0 Å². The second-order valence-electron chi connectivity index (χ2n) is 1.50. The molecule has 0 aromatic carbocycles. The van der Waals surface area contributed by atoms with Crippen LogP contribution in [0.15, 0.2) is 17.7 Å². The minimum Gasteiger partial charge on any atom is -0.0772 e. The lowest BCUT2D eigenvalue weighted by Crippen LogP contribution is -1.51. The topological polar surface area (TPSA) is 0 Å². The smallest absolute Gasteiger partial charge is 0.00888 e. The van der Waals surface area contributed by atoms with Crippen molar-refractivity contribution in [1.82, 2.24) is 0 Å². The van der Waals surface area contributed by atoms with Gasteiger partial charge < -0.3 is 0 Å². The summed E-state index contributed by atoms with van der Waals surface area (Å²) in [5.41, 5.74) is 1.34. The van der Waals surface area contributed by atoms with Crippen molar-refractivity contribution >= 4 is 0 Å². The second-order valence-corrected chi connectivity index (χ2v) is 1.50. The van der Waals surface area contributed by atoms with Crippen molar-refractivity contribution in [2.75, 3.05) is 0 Å². The molecule has 0 spiro atoms. The molecule has 0 unspecified atom stereocenters. The number of hydrogen-bond donors (Lipinski definition) is 0. The van der Waals surface area contributed by atoms with Crippen molar-refractivity contribution in [2.45, 2.75) is 13.3 Å². The number of allylic oxidation sites excluding steroid dienone is 4. The summed E-state index contributed by atoms with van der Waals surface area (Å²) in [4.78, 5) is 0. The molecule has 1 radical (unpaired) electrons. The van der Waals surface area contributed by atoms with Gasteiger partial charge >= 0.3 is 0 Å². The monoisotopic (exact) mass is 79.1 g/mol. The Morgan fingerprint density at radius 3 is 2.83 bits per heavy atom. The van der Waals surface area contributed by atoms with Gasteiger partial charge in [0.25, 0.3) is 0 Å². The van der Waals surface area contributed by atoms with E-state index in [4.69, 9.17) is 0 Å². The van der Waals surface area contributed by atoms with Gasteiger partial charge in [0, 0.05) is 0 Å². The summed E-state index contributed by atoms with van der Waals surface area (Å²) in [5.74, 6) is 0. The first-order valence-electron chi connectivity index (χ1n) is 2.13. The molecule has 0 aromatic rings. The predicted octanol–water partition coefficient (Wildman–Crippen LogP) is 1.70. The van der Waals surface area contributed by atoms with Crippen molar-refractivity contribution in [1.29, 1.82) is 0 Å². The summed E-state index contributed by atoms with van der Waals surface area (Å²) in [6.07, 6.45) is 8.24. The van der Waals surface area contributed by atoms with Crippen LogP contribution in [0, 0.1) is 6.08 Å². The van der Waals surface area contributed by atoms with Crippen molar-refractivity contribution in [3.8, 4) is 0 Å². The predicted molar refractivity (Wildman–Crippen MR) is 26.2 cm³/mol. The molecule has 0 saturated heterocycles. The molecule has 0 saturated carbocycles. The molecular weight excluding hydrogens is 72.1 g/mol. The highest BCUT2D eigenvalue weighted by molar-refractivity contribution is 5.19. The molecule has 0 aromatic heterocycles. The first-order valence-corrected chi connectivity index (χ1v) is 2.13. The third-order valence-electron chi connectivity index (χ3n) is 0.872. The first-order chi connectivity index (χ1) is 2.89. The summed E-state index contributed by atoms with van der Waals surface area (Å²) in [5, 5.41) is 0. The summed E-state index contributed by atoms with van der Waals surface area (Å²) in [6.45, 7) is 2.08. The summed E-state index contributed by atoms with van der Waals surface area (Å²) in [6, 6.07) is 0. The number of rotatable bonds is 0. The molecule has 31 valence electrons. The molecule has 0 N–H and O–H groups in total. The quantitative estimate of drug-likeness (QED) is 0.414. The molecule has 0 heterocycles. The highest BCUT2D eigenvalue weighted by atomic mass is 13.9. The highest BCUT2D eigenvalue weighted by Crippen LogP contribution is 2.04. The fourth-order valence-corrected chi connectivity index (χ4v) is 0.499. The molecule has 6 heavy (non-hydrogen) atoms. The molecule has 0 fully saturated rings. The Bertz CT molecular complexity index is 93.9. The number of hydrogen-bond acceptors (Lipinski definition) is 0. The minimum atomic E-state index is 1.02. The average Bonchev–Trinajstić information content (AvgIpc) is 1.86. The van der Waals surface area contributed by atoms with Crippen LogP contribution in [0.5, 0.6) is 0 Å². The van der Waals surface area contributed by atoms with Crippen LogP contribution in [-0.4, -0.2) is 0 Å². The van der Waals surface area contributed by atoms with Gasteiger partial charge in [-0.2, -0.15) is 0 Å². The van der Waals surface area contributed by atoms with E-state index in [9.17, 15) is 0 Å². The Hall–Kier alpha value is -0.520. The van der Waals surface area contributed by atoms with Gasteiger partial charge in [-0.15, -0.1) is 0 Å². The van der Waals surface area contributed by atoms with Crippen molar-refractivity contribution in [3.63, 3.8) is 0 Å². The molecular formula is C6H7. The highest BCUT2D eigenvalue weighted by Gasteiger charge is 1.85. The normalized spacial score (nSPS) is 18.5. The van der Waals surface area contributed by atoms with Gasteiger partial charge in [-0.1, -0.05) is 17.7 Å². The SMILES string of the molecule is CC1=CC[C]=C1. The lowest BCUT2D eigenvalue weighted by molar-refractivity contribution is 1.38. The Labute approximate surface area is 38.2 Å². The molecule has 0 bridgehead atoms. The van der Waals surface area contributed by atoms with Crippen molar-refractivity contribution < 1.29 is 0 Å². The summed E-state index contributed by atoms with van der Waals surface area (Å²) >= 11 is 0. The van der Waals surface area contributed by atoms with Gasteiger partial charge in [0.05, 0.1) is 0 Å². The standard InChI is InChI=1S/C6H7/c1-6-4-2-3-5-6/h4-5H,2H2,1H3. The third-order valence-corrected chi connectivity index (χ3v) is 0.872. The molecule has 0 atom stereocenters. The molecule has 1 aliphatic rings. The van der Waals surface area contributed by atoms with Crippen molar-refractivity contribution in [3.05, 3.63) is 23.8 Å². The first kappa shape index (κ1) is 3.66. The van der Waals surface area contributed by atoms with Gasteiger partial charge in [0.1, 0.15) is 0 Å². The largest absolute Gasteiger partial charge is 0.0772 e. The van der Waals surface area contributed by atoms with E-state index in [0.717, 1.165) is 6.42 Å². The molecule has 1 aliphatic carbocycles. The zero-order valence-electron chi connectivity index (χ0n) is 3.86. The van der Waals surface area contributed by atoms with E-state index in [1.807, 2.05) is 6.08 Å². The van der Waals surface area contributed by atoms with Crippen LogP contribution < -0.4 is 0 Å². The minimum absolute atomic E-state index is 1.02. The van der Waals surface area contributed by atoms with E-state index >= 15 is 0 Å². The lowest BCUT2D eigenvalue weighted by atomic mass is 10.3. The van der Waals surface area contributed by atoms with Crippen LogP contribution in [0.3, 0.4) is 0 Å². The van der Waals surface area contributed by atoms with Gasteiger partial charge in [-0.25, -0.2) is 0 Å². The van der Waals surface area contributed by atoms with Gasteiger partial charge in [-0.05, 0) is 19.4 Å². The summed E-state index contributed by atoms with van der Waals surface area (Å²) < 4.78 is 0. The second kappa shape index (κ2) is 1.29. The average molecular weight is 79.1 g/mol. The van der Waals surface area contributed by atoms with Crippen LogP contribution in [0.1, 0.15) is 13.3 Å². The van der Waals surface area contributed by atoms with Crippen LogP contribution in [0.4, 0.5) is 0 Å². The maximum atomic E-state index is 3.05. The summed E-state index contributed by atoms with van der Waals surface area (Å²) in [7, 11) is 0. The van der Waals surface area contributed by atoms with Crippen LogP contribution in [0.25, 0.3) is 0 Å². The molecule has 0 heteroatoms. The maximum absolute atomic E-state index is 3.05. The van der Waals surface area contributed by atoms with Gasteiger partial charge in [0.15, 0.2) is 0 Å². The van der Waals surface area contributed by atoms with Crippen LogP contribution in [-0.2, 0) is 0 Å². The van der Waals surface area contributed by atoms with E-state index < -0.39 is 0 Å². The van der Waals surface area contributed by atoms with Crippen LogP contribution >= 0.6 is 0 Å². The Kier molecular flexibility index (Phi) is 0.789. The molecule has 0 nitrogen and oxygen atoms in total. The van der Waals surface area contributed by atoms with E-state index in [1.165, 1.54) is 5.57 Å². The van der Waals surface area contributed by atoms with E-state index in [0.29, 0.717) is 0 Å². The lowest BCUT2D eigenvalue weighted by Gasteiger charge is -1.72. The Morgan fingerprint density at radius 2 is 2.67 bits per heavy atom.